The third-order valence-corrected chi connectivity index (χ3v) is 2.12. The van der Waals surface area contributed by atoms with Gasteiger partial charge < -0.3 is 4.79 Å². The van der Waals surface area contributed by atoms with Gasteiger partial charge in [-0.1, -0.05) is 6.07 Å². The van der Waals surface area contributed by atoms with Gasteiger partial charge in [-0.3, -0.25) is 9.67 Å². The quantitative estimate of drug-likeness (QED) is 0.701. The Balaban J connectivity index is 2.47. The average Bonchev–Trinajstić information content (AvgIpc) is 2.62. The van der Waals surface area contributed by atoms with Gasteiger partial charge in [0.15, 0.2) is 0 Å². The minimum atomic E-state index is 0.375. The lowest BCUT2D eigenvalue weighted by molar-refractivity contribution is -0.107. The first-order valence-electron chi connectivity index (χ1n) is 4.69. The van der Waals surface area contributed by atoms with Gasteiger partial charge in [0.2, 0.25) is 0 Å². The summed E-state index contributed by atoms with van der Waals surface area (Å²) in [5.41, 5.74) is 2.49. The molecule has 4 heteroatoms. The van der Waals surface area contributed by atoms with Crippen LogP contribution in [0.1, 0.15) is 5.56 Å². The second-order valence-electron chi connectivity index (χ2n) is 3.26. The van der Waals surface area contributed by atoms with Gasteiger partial charge in [0.1, 0.15) is 12.0 Å². The maximum absolute atomic E-state index is 10.5. The van der Waals surface area contributed by atoms with Crippen molar-refractivity contribution in [2.24, 2.45) is 7.05 Å². The van der Waals surface area contributed by atoms with Crippen LogP contribution in [0.15, 0.2) is 30.6 Å². The van der Waals surface area contributed by atoms with Crippen molar-refractivity contribution in [3.05, 3.63) is 36.2 Å². The number of rotatable bonds is 3. The molecule has 0 spiro atoms. The van der Waals surface area contributed by atoms with Gasteiger partial charge in [-0.15, -0.1) is 0 Å². The van der Waals surface area contributed by atoms with Gasteiger partial charge in [-0.05, 0) is 12.1 Å². The molecule has 0 saturated heterocycles. The van der Waals surface area contributed by atoms with Crippen molar-refractivity contribution in [2.75, 3.05) is 0 Å². The van der Waals surface area contributed by atoms with Gasteiger partial charge in [0.05, 0.1) is 5.69 Å². The molecule has 0 fully saturated rings. The Morgan fingerprint density at radius 2 is 2.33 bits per heavy atom. The van der Waals surface area contributed by atoms with Crippen LogP contribution in [-0.2, 0) is 18.3 Å². The number of aldehydes is 1. The topological polar surface area (TPSA) is 47.8 Å². The van der Waals surface area contributed by atoms with Crippen LogP contribution >= 0.6 is 0 Å². The summed E-state index contributed by atoms with van der Waals surface area (Å²) in [5.74, 6) is 0. The van der Waals surface area contributed by atoms with Crippen LogP contribution in [0, 0.1) is 0 Å². The molecular weight excluding hydrogens is 190 g/mol. The summed E-state index contributed by atoms with van der Waals surface area (Å²) in [5, 5.41) is 4.29. The summed E-state index contributed by atoms with van der Waals surface area (Å²) < 4.78 is 1.70. The summed E-state index contributed by atoms with van der Waals surface area (Å²) in [6, 6.07) is 5.64. The number of aryl methyl sites for hydroxylation is 1. The van der Waals surface area contributed by atoms with E-state index >= 15 is 0 Å². The van der Waals surface area contributed by atoms with Crippen molar-refractivity contribution in [1.82, 2.24) is 14.8 Å². The Labute approximate surface area is 87.6 Å². The zero-order valence-electron chi connectivity index (χ0n) is 8.42. The lowest BCUT2D eigenvalue weighted by Gasteiger charge is -1.96. The van der Waals surface area contributed by atoms with E-state index in [9.17, 15) is 4.79 Å². The smallest absolute Gasteiger partial charge is 0.124 e. The summed E-state index contributed by atoms with van der Waals surface area (Å²) >= 11 is 0. The molecular formula is C11H11N3O. The van der Waals surface area contributed by atoms with Crippen molar-refractivity contribution in [2.45, 2.75) is 6.42 Å². The van der Waals surface area contributed by atoms with Crippen LogP contribution in [0.25, 0.3) is 11.4 Å². The molecule has 2 rings (SSSR count). The fourth-order valence-electron chi connectivity index (χ4n) is 1.50. The lowest BCUT2D eigenvalue weighted by atomic mass is 10.1. The highest BCUT2D eigenvalue weighted by molar-refractivity contribution is 5.65. The van der Waals surface area contributed by atoms with Gasteiger partial charge in [-0.25, -0.2) is 0 Å². The van der Waals surface area contributed by atoms with Crippen LogP contribution in [-0.4, -0.2) is 21.1 Å². The molecule has 0 aliphatic carbocycles. The van der Waals surface area contributed by atoms with Crippen molar-refractivity contribution in [1.29, 1.82) is 0 Å². The Kier molecular flexibility index (Phi) is 2.58. The molecule has 0 amide bonds. The van der Waals surface area contributed by atoms with Crippen molar-refractivity contribution >= 4 is 6.29 Å². The van der Waals surface area contributed by atoms with E-state index in [1.165, 1.54) is 0 Å². The number of hydrogen-bond acceptors (Lipinski definition) is 3. The third-order valence-electron chi connectivity index (χ3n) is 2.12. The lowest BCUT2D eigenvalue weighted by Crippen LogP contribution is -1.90. The SMILES string of the molecule is Cn1cc(CC=O)c(-c2ccccn2)n1. The van der Waals surface area contributed by atoms with Crippen LogP contribution in [0.5, 0.6) is 0 Å². The first-order chi connectivity index (χ1) is 7.31. The summed E-state index contributed by atoms with van der Waals surface area (Å²) in [6.45, 7) is 0. The molecule has 2 aromatic rings. The number of carbonyl (C=O) groups is 1. The molecule has 0 unspecified atom stereocenters. The molecule has 4 nitrogen and oxygen atoms in total. The molecule has 0 bridgehead atoms. The highest BCUT2D eigenvalue weighted by atomic mass is 16.1. The van der Waals surface area contributed by atoms with Crippen molar-refractivity contribution in [3.63, 3.8) is 0 Å². The average molecular weight is 201 g/mol. The van der Waals surface area contributed by atoms with E-state index in [0.717, 1.165) is 23.2 Å². The van der Waals surface area contributed by atoms with E-state index in [1.54, 1.807) is 10.9 Å². The Morgan fingerprint density at radius 3 is 3.00 bits per heavy atom. The summed E-state index contributed by atoms with van der Waals surface area (Å²) in [6.07, 6.45) is 4.82. The molecule has 0 radical (unpaired) electrons. The molecule has 0 N–H and O–H groups in total. The second kappa shape index (κ2) is 4.04. The number of pyridine rings is 1. The number of carbonyl (C=O) groups excluding carboxylic acids is 1. The molecule has 2 heterocycles. The van der Waals surface area contributed by atoms with E-state index in [1.807, 2.05) is 31.4 Å². The van der Waals surface area contributed by atoms with E-state index in [0.29, 0.717) is 6.42 Å². The van der Waals surface area contributed by atoms with Gasteiger partial charge in [0.25, 0.3) is 0 Å². The highest BCUT2D eigenvalue weighted by Gasteiger charge is 2.09. The largest absolute Gasteiger partial charge is 0.303 e. The molecule has 0 saturated carbocycles. The Hall–Kier alpha value is -1.97. The maximum atomic E-state index is 10.5. The van der Waals surface area contributed by atoms with Crippen LogP contribution in [0.2, 0.25) is 0 Å². The normalized spacial score (nSPS) is 10.2. The number of aromatic nitrogens is 3. The van der Waals surface area contributed by atoms with Gasteiger partial charge in [-0.2, -0.15) is 5.10 Å². The molecule has 0 aromatic carbocycles. The molecule has 0 aliphatic heterocycles. The van der Waals surface area contributed by atoms with E-state index in [-0.39, 0.29) is 0 Å². The predicted molar refractivity (Wildman–Crippen MR) is 56.2 cm³/mol. The first-order valence-corrected chi connectivity index (χ1v) is 4.69. The van der Waals surface area contributed by atoms with Gasteiger partial charge in [0, 0.05) is 31.4 Å². The van der Waals surface area contributed by atoms with E-state index in [4.69, 9.17) is 0 Å². The fraction of sp³-hybridized carbons (Fsp3) is 0.182. The van der Waals surface area contributed by atoms with Crippen LogP contribution in [0.4, 0.5) is 0 Å². The van der Waals surface area contributed by atoms with E-state index in [2.05, 4.69) is 10.1 Å². The fourth-order valence-corrected chi connectivity index (χ4v) is 1.50. The molecule has 15 heavy (non-hydrogen) atoms. The van der Waals surface area contributed by atoms with Crippen LogP contribution < -0.4 is 0 Å². The highest BCUT2D eigenvalue weighted by Crippen LogP contribution is 2.18. The molecule has 2 aromatic heterocycles. The minimum Gasteiger partial charge on any atom is -0.303 e. The zero-order chi connectivity index (χ0) is 10.7. The predicted octanol–water partition coefficient (Wildman–Crippen LogP) is 1.22. The molecule has 0 aliphatic rings. The summed E-state index contributed by atoms with van der Waals surface area (Å²) in [4.78, 5) is 14.7. The molecule has 0 atom stereocenters. The minimum absolute atomic E-state index is 0.375. The zero-order valence-corrected chi connectivity index (χ0v) is 8.42. The van der Waals surface area contributed by atoms with E-state index < -0.39 is 0 Å². The second-order valence-corrected chi connectivity index (χ2v) is 3.26. The Morgan fingerprint density at radius 1 is 1.47 bits per heavy atom. The number of nitrogens with zero attached hydrogens (tertiary/aromatic N) is 3. The van der Waals surface area contributed by atoms with Gasteiger partial charge >= 0.3 is 0 Å². The molecule has 76 valence electrons. The number of hydrogen-bond donors (Lipinski definition) is 0. The summed E-state index contributed by atoms with van der Waals surface area (Å²) in [7, 11) is 1.83. The van der Waals surface area contributed by atoms with Crippen molar-refractivity contribution in [3.8, 4) is 11.4 Å². The van der Waals surface area contributed by atoms with Crippen molar-refractivity contribution < 1.29 is 4.79 Å². The third kappa shape index (κ3) is 1.93. The standard InChI is InChI=1S/C11H11N3O/c1-14-8-9(5-7-15)11(13-14)10-4-2-3-6-12-10/h2-4,6-8H,5H2,1H3. The first kappa shape index (κ1) is 9.58. The maximum Gasteiger partial charge on any atom is 0.124 e. The van der Waals surface area contributed by atoms with Crippen LogP contribution in [0.3, 0.4) is 0 Å². The monoisotopic (exact) mass is 201 g/mol. The Bertz CT molecular complexity index is 462.